The molecule has 1 amide bonds. The molecule has 0 saturated heterocycles. The molecule has 1 N–H and O–H groups in total. The number of hydrogen-bond acceptors (Lipinski definition) is 6. The zero-order chi connectivity index (χ0) is 25.6. The Labute approximate surface area is 219 Å². The number of para-hydroxylation sites is 1. The average molecular weight is 508 g/mol. The number of methoxy groups -OCH3 is 1. The molecule has 37 heavy (non-hydrogen) atoms. The largest absolute Gasteiger partial charge is 0.497 e. The molecule has 0 unspecified atom stereocenters. The van der Waals surface area contributed by atoms with Gasteiger partial charge in [0.25, 0.3) is 5.91 Å². The number of thioether (sulfide) groups is 1. The summed E-state index contributed by atoms with van der Waals surface area (Å²) in [5.41, 5.74) is 6.16. The van der Waals surface area contributed by atoms with Crippen molar-refractivity contribution in [1.82, 2.24) is 20.2 Å². The highest BCUT2D eigenvalue weighted by atomic mass is 32.2. The molecule has 0 aliphatic heterocycles. The van der Waals surface area contributed by atoms with Crippen LogP contribution in [0.3, 0.4) is 0 Å². The Morgan fingerprint density at radius 3 is 2.41 bits per heavy atom. The van der Waals surface area contributed by atoms with Crippen molar-refractivity contribution < 1.29 is 9.53 Å². The summed E-state index contributed by atoms with van der Waals surface area (Å²) in [6.07, 6.45) is 0. The van der Waals surface area contributed by atoms with Crippen LogP contribution in [0.2, 0.25) is 0 Å². The molecule has 0 spiro atoms. The van der Waals surface area contributed by atoms with Crippen LogP contribution in [-0.2, 0) is 4.79 Å². The molecule has 5 aromatic rings. The number of carbonyl (C=O) groups excluding carboxylic acids is 1. The fourth-order valence-electron chi connectivity index (χ4n) is 3.89. The van der Waals surface area contributed by atoms with Gasteiger partial charge in [-0.15, -0.1) is 10.2 Å². The third kappa shape index (κ3) is 5.54. The molecule has 1 aromatic heterocycles. The van der Waals surface area contributed by atoms with Crippen molar-refractivity contribution in [3.63, 3.8) is 0 Å². The van der Waals surface area contributed by atoms with Crippen LogP contribution in [0.5, 0.6) is 5.75 Å². The van der Waals surface area contributed by atoms with Gasteiger partial charge in [0.15, 0.2) is 11.0 Å². The quantitative estimate of drug-likeness (QED) is 0.165. The first kappa shape index (κ1) is 24.3. The number of ether oxygens (including phenoxy) is 1. The number of amides is 1. The van der Waals surface area contributed by atoms with Crippen LogP contribution >= 0.6 is 11.8 Å². The number of rotatable bonds is 8. The number of aromatic nitrogens is 3. The van der Waals surface area contributed by atoms with Gasteiger partial charge in [0.05, 0.1) is 18.6 Å². The van der Waals surface area contributed by atoms with E-state index >= 15 is 0 Å². The second kappa shape index (κ2) is 11.1. The molecular formula is C29H25N5O2S. The van der Waals surface area contributed by atoms with Crippen LogP contribution < -0.4 is 10.2 Å². The Bertz CT molecular complexity index is 1560. The summed E-state index contributed by atoms with van der Waals surface area (Å²) < 4.78 is 7.22. The van der Waals surface area contributed by atoms with Gasteiger partial charge >= 0.3 is 0 Å². The molecule has 0 atom stereocenters. The molecule has 0 fully saturated rings. The van der Waals surface area contributed by atoms with Crippen LogP contribution in [0.1, 0.15) is 12.5 Å². The fourth-order valence-corrected chi connectivity index (χ4v) is 4.63. The Kier molecular flexibility index (Phi) is 7.28. The van der Waals surface area contributed by atoms with Crippen molar-refractivity contribution >= 4 is 34.2 Å². The molecular weight excluding hydrogens is 482 g/mol. The second-order valence-electron chi connectivity index (χ2n) is 8.29. The van der Waals surface area contributed by atoms with E-state index in [-0.39, 0.29) is 11.7 Å². The molecule has 1 heterocycles. The fraction of sp³-hybridized carbons (Fsp3) is 0.103. The van der Waals surface area contributed by atoms with Gasteiger partial charge in [-0.1, -0.05) is 66.4 Å². The average Bonchev–Trinajstić information content (AvgIpc) is 3.39. The molecule has 7 nitrogen and oxygen atoms in total. The first-order valence-corrected chi connectivity index (χ1v) is 12.7. The number of hydrazone groups is 1. The van der Waals surface area contributed by atoms with Crippen molar-refractivity contribution in [3.05, 3.63) is 103 Å². The molecule has 0 aliphatic carbocycles. The van der Waals surface area contributed by atoms with Gasteiger partial charge in [0.1, 0.15) is 5.75 Å². The van der Waals surface area contributed by atoms with Gasteiger partial charge < -0.3 is 4.74 Å². The Morgan fingerprint density at radius 1 is 0.919 bits per heavy atom. The lowest BCUT2D eigenvalue weighted by Crippen LogP contribution is -2.21. The van der Waals surface area contributed by atoms with Crippen molar-refractivity contribution in [1.29, 1.82) is 0 Å². The van der Waals surface area contributed by atoms with Crippen LogP contribution in [-0.4, -0.2) is 39.2 Å². The van der Waals surface area contributed by atoms with Crippen LogP contribution in [0.4, 0.5) is 0 Å². The standard InChI is InChI=1S/C29H25N5O2S/c1-20(23-13-12-21-8-6-7-9-24(21)18-23)30-31-27(35)19-37-29-33-32-28(22-14-16-26(36-2)17-15-22)34(29)25-10-4-3-5-11-25/h3-18H,19H2,1-2H3,(H,31,35)/b30-20-. The lowest BCUT2D eigenvalue weighted by Gasteiger charge is -2.10. The van der Waals surface area contributed by atoms with E-state index < -0.39 is 0 Å². The number of carbonyl (C=O) groups is 1. The number of nitrogens with zero attached hydrogens (tertiary/aromatic N) is 4. The minimum absolute atomic E-state index is 0.141. The zero-order valence-electron chi connectivity index (χ0n) is 20.5. The van der Waals surface area contributed by atoms with E-state index in [1.54, 1.807) is 7.11 Å². The Balaban J connectivity index is 1.32. The maximum Gasteiger partial charge on any atom is 0.250 e. The third-order valence-corrected chi connectivity index (χ3v) is 6.77. The van der Waals surface area contributed by atoms with Crippen LogP contribution in [0.25, 0.3) is 27.8 Å². The summed E-state index contributed by atoms with van der Waals surface area (Å²) in [7, 11) is 1.63. The minimum atomic E-state index is -0.223. The summed E-state index contributed by atoms with van der Waals surface area (Å²) in [6.45, 7) is 1.88. The summed E-state index contributed by atoms with van der Waals surface area (Å²) in [5, 5.41) is 16.0. The predicted octanol–water partition coefficient (Wildman–Crippen LogP) is 5.73. The topological polar surface area (TPSA) is 81.4 Å². The lowest BCUT2D eigenvalue weighted by atomic mass is 10.0. The molecule has 8 heteroatoms. The van der Waals surface area contributed by atoms with E-state index in [2.05, 4.69) is 45.0 Å². The summed E-state index contributed by atoms with van der Waals surface area (Å²) >= 11 is 1.31. The molecule has 184 valence electrons. The highest BCUT2D eigenvalue weighted by Gasteiger charge is 2.17. The van der Waals surface area contributed by atoms with Crippen molar-refractivity contribution in [3.8, 4) is 22.8 Å². The summed E-state index contributed by atoms with van der Waals surface area (Å²) in [6, 6.07) is 31.8. The van der Waals surface area contributed by atoms with Gasteiger partial charge in [-0.2, -0.15) is 5.10 Å². The van der Waals surface area contributed by atoms with Crippen molar-refractivity contribution in [2.75, 3.05) is 12.9 Å². The number of hydrogen-bond donors (Lipinski definition) is 1. The van der Waals surface area contributed by atoms with Crippen molar-refractivity contribution in [2.24, 2.45) is 5.10 Å². The van der Waals surface area contributed by atoms with E-state index in [0.29, 0.717) is 11.0 Å². The second-order valence-corrected chi connectivity index (χ2v) is 9.23. The number of fused-ring (bicyclic) bond motifs is 1. The van der Waals surface area contributed by atoms with E-state index in [1.807, 2.05) is 84.3 Å². The predicted molar refractivity (Wildman–Crippen MR) is 148 cm³/mol. The van der Waals surface area contributed by atoms with Gasteiger partial charge in [-0.25, -0.2) is 5.43 Å². The molecule has 0 bridgehead atoms. The number of nitrogens with one attached hydrogen (secondary N) is 1. The van der Waals surface area contributed by atoms with E-state index in [9.17, 15) is 4.79 Å². The highest BCUT2D eigenvalue weighted by Crippen LogP contribution is 2.29. The highest BCUT2D eigenvalue weighted by molar-refractivity contribution is 7.99. The van der Waals surface area contributed by atoms with Gasteiger partial charge in [0.2, 0.25) is 0 Å². The smallest absolute Gasteiger partial charge is 0.250 e. The van der Waals surface area contributed by atoms with Gasteiger partial charge in [-0.3, -0.25) is 9.36 Å². The first-order chi connectivity index (χ1) is 18.1. The maximum absolute atomic E-state index is 12.6. The Morgan fingerprint density at radius 2 is 1.65 bits per heavy atom. The SMILES string of the molecule is COc1ccc(-c2nnc(SCC(=O)N/N=C(/C)c3ccc4ccccc4c3)n2-c2ccccc2)cc1. The first-order valence-electron chi connectivity index (χ1n) is 11.7. The lowest BCUT2D eigenvalue weighted by molar-refractivity contribution is -0.118. The van der Waals surface area contributed by atoms with Crippen molar-refractivity contribution in [2.45, 2.75) is 12.1 Å². The monoisotopic (exact) mass is 507 g/mol. The molecule has 5 rings (SSSR count). The van der Waals surface area contributed by atoms with Gasteiger partial charge in [-0.05, 0) is 65.7 Å². The normalized spacial score (nSPS) is 11.5. The minimum Gasteiger partial charge on any atom is -0.497 e. The zero-order valence-corrected chi connectivity index (χ0v) is 21.3. The van der Waals surface area contributed by atoms with E-state index in [0.717, 1.165) is 39.0 Å². The van der Waals surface area contributed by atoms with E-state index in [4.69, 9.17) is 4.74 Å². The molecule has 0 aliphatic rings. The van der Waals surface area contributed by atoms with Crippen LogP contribution in [0, 0.1) is 0 Å². The molecule has 0 radical (unpaired) electrons. The summed E-state index contributed by atoms with van der Waals surface area (Å²) in [4.78, 5) is 12.6. The third-order valence-electron chi connectivity index (χ3n) is 5.84. The maximum atomic E-state index is 12.6. The molecule has 4 aromatic carbocycles. The van der Waals surface area contributed by atoms with Crippen LogP contribution in [0.15, 0.2) is 107 Å². The van der Waals surface area contributed by atoms with Gasteiger partial charge in [0, 0.05) is 11.3 Å². The number of benzene rings is 4. The van der Waals surface area contributed by atoms with E-state index in [1.165, 1.54) is 11.8 Å². The Hall–Kier alpha value is -4.43. The molecule has 0 saturated carbocycles. The summed E-state index contributed by atoms with van der Waals surface area (Å²) in [5.74, 6) is 1.36.